The van der Waals surface area contributed by atoms with Gasteiger partial charge in [-0.15, -0.1) is 5.56 Å². The van der Waals surface area contributed by atoms with E-state index in [4.69, 9.17) is 0 Å². The Bertz CT molecular complexity index is 152. The van der Waals surface area contributed by atoms with Crippen LogP contribution in [0.25, 0.3) is 0 Å². The molecule has 0 atom stereocenters. The largest absolute Gasteiger partial charge is 0.376 e. The smallest absolute Gasteiger partial charge is 0 e. The molecule has 0 fully saturated rings. The standard InChI is InChI=1S/C6H7N2.V/c1-2-6-3-7-5-8-4-6;/h3,5H,2H2,1H3;/q-1;. The van der Waals surface area contributed by atoms with Crippen molar-refractivity contribution in [3.8, 4) is 0 Å². The minimum Gasteiger partial charge on any atom is -0.376 e. The monoisotopic (exact) mass is 158 g/mol. The minimum atomic E-state index is 0. The Labute approximate surface area is 66.6 Å². The maximum atomic E-state index is 3.81. The van der Waals surface area contributed by atoms with Crippen LogP contribution in [0, 0.1) is 6.20 Å². The Morgan fingerprint density at radius 2 is 2.44 bits per heavy atom. The molecule has 0 aliphatic rings. The van der Waals surface area contributed by atoms with E-state index in [9.17, 15) is 0 Å². The Hall–Kier alpha value is -0.336. The summed E-state index contributed by atoms with van der Waals surface area (Å²) in [6.45, 7) is 2.05. The number of aryl methyl sites for hydroxylation is 1. The summed E-state index contributed by atoms with van der Waals surface area (Å²) in [7, 11) is 0. The third-order valence-corrected chi connectivity index (χ3v) is 0.944. The van der Waals surface area contributed by atoms with Gasteiger partial charge in [0.25, 0.3) is 0 Å². The van der Waals surface area contributed by atoms with Crippen molar-refractivity contribution in [3.63, 3.8) is 0 Å². The predicted octanol–water partition coefficient (Wildman–Crippen LogP) is 0.837. The third kappa shape index (κ3) is 2.63. The summed E-state index contributed by atoms with van der Waals surface area (Å²) in [6, 6.07) is 0. The zero-order chi connectivity index (χ0) is 5.82. The Kier molecular flexibility index (Phi) is 4.37. The van der Waals surface area contributed by atoms with Gasteiger partial charge in [-0.05, 0) is 6.33 Å². The molecule has 0 saturated carbocycles. The molecule has 0 N–H and O–H groups in total. The van der Waals surface area contributed by atoms with E-state index in [0.717, 1.165) is 12.0 Å². The van der Waals surface area contributed by atoms with E-state index in [1.165, 1.54) is 6.33 Å². The van der Waals surface area contributed by atoms with Gasteiger partial charge in [-0.25, -0.2) is 0 Å². The van der Waals surface area contributed by atoms with Crippen LogP contribution in [0.1, 0.15) is 12.5 Å². The molecule has 1 heterocycles. The summed E-state index contributed by atoms with van der Waals surface area (Å²) in [5, 5.41) is 0. The van der Waals surface area contributed by atoms with Crippen LogP contribution >= 0.6 is 0 Å². The Balaban J connectivity index is 0.000000640. The first-order valence-electron chi connectivity index (χ1n) is 2.60. The van der Waals surface area contributed by atoms with Gasteiger partial charge in [-0.1, -0.05) is 25.7 Å². The second-order valence-electron chi connectivity index (χ2n) is 1.51. The van der Waals surface area contributed by atoms with Crippen LogP contribution in [-0.4, -0.2) is 9.97 Å². The average Bonchev–Trinajstić information content (AvgIpc) is 1.90. The third-order valence-electron chi connectivity index (χ3n) is 0.944. The van der Waals surface area contributed by atoms with Crippen molar-refractivity contribution in [3.05, 3.63) is 24.3 Å². The van der Waals surface area contributed by atoms with Crippen molar-refractivity contribution >= 4 is 0 Å². The van der Waals surface area contributed by atoms with Gasteiger partial charge in [0.05, 0.1) is 0 Å². The van der Waals surface area contributed by atoms with Crippen molar-refractivity contribution in [1.82, 2.24) is 9.97 Å². The van der Waals surface area contributed by atoms with Crippen molar-refractivity contribution in [1.29, 1.82) is 0 Å². The molecule has 0 unspecified atom stereocenters. The van der Waals surface area contributed by atoms with E-state index in [0.29, 0.717) is 0 Å². The van der Waals surface area contributed by atoms with Gasteiger partial charge in [0.2, 0.25) is 0 Å². The molecule has 47 valence electrons. The van der Waals surface area contributed by atoms with E-state index < -0.39 is 0 Å². The van der Waals surface area contributed by atoms with Crippen LogP contribution in [0.2, 0.25) is 0 Å². The van der Waals surface area contributed by atoms with Crippen molar-refractivity contribution < 1.29 is 18.6 Å². The Morgan fingerprint density at radius 1 is 1.67 bits per heavy atom. The van der Waals surface area contributed by atoms with Crippen LogP contribution in [0.3, 0.4) is 0 Å². The van der Waals surface area contributed by atoms with Crippen LogP contribution in [0.5, 0.6) is 0 Å². The van der Waals surface area contributed by atoms with Gasteiger partial charge in [0.1, 0.15) is 0 Å². The van der Waals surface area contributed by atoms with Gasteiger partial charge in [-0.2, -0.15) is 0 Å². The predicted molar refractivity (Wildman–Crippen MR) is 30.2 cm³/mol. The summed E-state index contributed by atoms with van der Waals surface area (Å²) < 4.78 is 0. The zero-order valence-electron chi connectivity index (χ0n) is 5.20. The van der Waals surface area contributed by atoms with Gasteiger partial charge >= 0.3 is 0 Å². The van der Waals surface area contributed by atoms with Crippen molar-refractivity contribution in [2.45, 2.75) is 13.3 Å². The molecule has 0 spiro atoms. The van der Waals surface area contributed by atoms with Gasteiger partial charge in [-0.3, -0.25) is 0 Å². The Morgan fingerprint density at radius 3 is 2.78 bits per heavy atom. The molecule has 0 aliphatic heterocycles. The number of aromatic nitrogens is 2. The fraction of sp³-hybridized carbons (Fsp3) is 0.333. The molecule has 0 saturated heterocycles. The van der Waals surface area contributed by atoms with Crippen LogP contribution in [0.15, 0.2) is 12.5 Å². The topological polar surface area (TPSA) is 25.8 Å². The second-order valence-corrected chi connectivity index (χ2v) is 1.51. The fourth-order valence-corrected chi connectivity index (χ4v) is 0.468. The van der Waals surface area contributed by atoms with Crippen LogP contribution in [0.4, 0.5) is 0 Å². The number of nitrogens with zero attached hydrogens (tertiary/aromatic N) is 2. The second kappa shape index (κ2) is 4.53. The van der Waals surface area contributed by atoms with E-state index >= 15 is 0 Å². The summed E-state index contributed by atoms with van der Waals surface area (Å²) in [5.41, 5.74) is 1.06. The number of hydrogen-bond acceptors (Lipinski definition) is 2. The molecule has 0 amide bonds. The summed E-state index contributed by atoms with van der Waals surface area (Å²) in [4.78, 5) is 7.53. The van der Waals surface area contributed by atoms with Crippen LogP contribution in [-0.2, 0) is 25.0 Å². The molecule has 1 aromatic rings. The summed E-state index contributed by atoms with van der Waals surface area (Å²) in [5.74, 6) is 0. The number of rotatable bonds is 1. The molecule has 0 bridgehead atoms. The quantitative estimate of drug-likeness (QED) is 0.566. The number of hydrogen-bond donors (Lipinski definition) is 0. The molecular formula is C6H7N2V-. The normalized spacial score (nSPS) is 8.11. The van der Waals surface area contributed by atoms with E-state index in [2.05, 4.69) is 23.1 Å². The molecule has 0 aromatic carbocycles. The molecule has 9 heavy (non-hydrogen) atoms. The summed E-state index contributed by atoms with van der Waals surface area (Å²) in [6.07, 6.45) is 7.02. The molecule has 0 aliphatic carbocycles. The molecule has 2 nitrogen and oxygen atoms in total. The maximum absolute atomic E-state index is 3.81. The molecular weight excluding hydrogens is 151 g/mol. The van der Waals surface area contributed by atoms with E-state index in [-0.39, 0.29) is 18.6 Å². The average molecular weight is 158 g/mol. The fourth-order valence-electron chi connectivity index (χ4n) is 0.468. The van der Waals surface area contributed by atoms with Gasteiger partial charge in [0.15, 0.2) is 0 Å². The maximum Gasteiger partial charge on any atom is 0 e. The van der Waals surface area contributed by atoms with E-state index in [1.807, 2.05) is 0 Å². The first kappa shape index (κ1) is 8.66. The zero-order valence-corrected chi connectivity index (χ0v) is 6.60. The van der Waals surface area contributed by atoms with Crippen LogP contribution < -0.4 is 0 Å². The molecule has 1 radical (unpaired) electrons. The summed E-state index contributed by atoms with van der Waals surface area (Å²) >= 11 is 0. The molecule has 3 heteroatoms. The first-order chi connectivity index (χ1) is 3.93. The van der Waals surface area contributed by atoms with Gasteiger partial charge in [0, 0.05) is 18.6 Å². The van der Waals surface area contributed by atoms with Gasteiger partial charge < -0.3 is 9.97 Å². The van der Waals surface area contributed by atoms with Crippen molar-refractivity contribution in [2.75, 3.05) is 0 Å². The molecule has 1 aromatic heterocycles. The first-order valence-corrected chi connectivity index (χ1v) is 2.60. The minimum absolute atomic E-state index is 0. The molecule has 1 rings (SSSR count). The SMILES string of the molecule is CCc1[c-]ncnc1.[V]. The van der Waals surface area contributed by atoms with Crippen molar-refractivity contribution in [2.24, 2.45) is 0 Å². The van der Waals surface area contributed by atoms with E-state index in [1.54, 1.807) is 6.20 Å².